The standard InChI is InChI=1S/C11H21N3O3/c1-11(2,3)10(15)17-14-6-5-8(12)9(7-14)13-16-4/h8H,5-7,12H2,1-4H3. The van der Waals surface area contributed by atoms with E-state index in [9.17, 15) is 4.79 Å². The van der Waals surface area contributed by atoms with E-state index in [-0.39, 0.29) is 12.0 Å². The highest BCUT2D eigenvalue weighted by molar-refractivity contribution is 5.91. The fourth-order valence-electron chi connectivity index (χ4n) is 1.37. The normalized spacial score (nSPS) is 24.8. The highest BCUT2D eigenvalue weighted by atomic mass is 16.7. The maximum absolute atomic E-state index is 11.7. The Hall–Kier alpha value is -1.14. The fraction of sp³-hybridized carbons (Fsp3) is 0.818. The lowest BCUT2D eigenvalue weighted by molar-refractivity contribution is -0.198. The number of nitrogens with zero attached hydrogens (tertiary/aromatic N) is 2. The molecule has 1 rings (SSSR count). The molecule has 98 valence electrons. The summed E-state index contributed by atoms with van der Waals surface area (Å²) in [4.78, 5) is 21.7. The van der Waals surface area contributed by atoms with E-state index in [1.165, 1.54) is 7.11 Å². The van der Waals surface area contributed by atoms with E-state index in [4.69, 9.17) is 15.4 Å². The first-order chi connectivity index (χ1) is 7.84. The second-order valence-corrected chi connectivity index (χ2v) is 5.15. The summed E-state index contributed by atoms with van der Waals surface area (Å²) in [5.74, 6) is -0.260. The predicted octanol–water partition coefficient (Wildman–Crippen LogP) is 0.526. The van der Waals surface area contributed by atoms with Crippen LogP contribution in [0.3, 0.4) is 0 Å². The molecule has 6 heteroatoms. The summed E-state index contributed by atoms with van der Waals surface area (Å²) in [6, 6.07) is -0.125. The van der Waals surface area contributed by atoms with Crippen molar-refractivity contribution in [2.45, 2.75) is 33.2 Å². The minimum Gasteiger partial charge on any atom is -0.399 e. The van der Waals surface area contributed by atoms with Gasteiger partial charge in [-0.3, -0.25) is 0 Å². The third-order valence-corrected chi connectivity index (χ3v) is 2.49. The monoisotopic (exact) mass is 243 g/mol. The molecule has 1 heterocycles. The smallest absolute Gasteiger partial charge is 0.330 e. The molecule has 6 nitrogen and oxygen atoms in total. The molecule has 1 fully saturated rings. The molecule has 0 saturated carbocycles. The van der Waals surface area contributed by atoms with Gasteiger partial charge in [0.2, 0.25) is 0 Å². The summed E-state index contributed by atoms with van der Waals surface area (Å²) < 4.78 is 0. The quantitative estimate of drug-likeness (QED) is 0.716. The highest BCUT2D eigenvalue weighted by Crippen LogP contribution is 2.17. The third kappa shape index (κ3) is 3.98. The van der Waals surface area contributed by atoms with Crippen LogP contribution >= 0.6 is 0 Å². The Balaban J connectivity index is 2.58. The summed E-state index contributed by atoms with van der Waals surface area (Å²) in [6.07, 6.45) is 0.694. The van der Waals surface area contributed by atoms with Crippen LogP contribution in [0.25, 0.3) is 0 Å². The zero-order valence-corrected chi connectivity index (χ0v) is 10.9. The number of rotatable bonds is 2. The summed E-state index contributed by atoms with van der Waals surface area (Å²) in [7, 11) is 1.47. The number of hydrogen-bond acceptors (Lipinski definition) is 6. The minimum absolute atomic E-state index is 0.125. The van der Waals surface area contributed by atoms with Crippen molar-refractivity contribution in [1.29, 1.82) is 0 Å². The molecule has 0 radical (unpaired) electrons. The van der Waals surface area contributed by atoms with Gasteiger partial charge in [-0.1, -0.05) is 5.16 Å². The summed E-state index contributed by atoms with van der Waals surface area (Å²) in [6.45, 7) is 6.46. The van der Waals surface area contributed by atoms with Gasteiger partial charge in [0.25, 0.3) is 0 Å². The van der Waals surface area contributed by atoms with Gasteiger partial charge in [0.05, 0.1) is 17.7 Å². The predicted molar refractivity (Wildman–Crippen MR) is 64.2 cm³/mol. The molecule has 2 N–H and O–H groups in total. The molecule has 0 aromatic heterocycles. The second-order valence-electron chi connectivity index (χ2n) is 5.15. The number of nitrogens with two attached hydrogens (primary N) is 1. The molecule has 17 heavy (non-hydrogen) atoms. The van der Waals surface area contributed by atoms with Gasteiger partial charge in [0.15, 0.2) is 0 Å². The Morgan fingerprint density at radius 3 is 2.71 bits per heavy atom. The number of carbonyl (C=O) groups excluding carboxylic acids is 1. The largest absolute Gasteiger partial charge is 0.399 e. The van der Waals surface area contributed by atoms with Gasteiger partial charge in [-0.25, -0.2) is 4.79 Å². The van der Waals surface area contributed by atoms with Crippen molar-refractivity contribution in [3.8, 4) is 0 Å². The van der Waals surface area contributed by atoms with Crippen LogP contribution in [0.2, 0.25) is 0 Å². The molecule has 0 aliphatic carbocycles. The van der Waals surface area contributed by atoms with E-state index in [2.05, 4.69) is 5.16 Å². The molecular weight excluding hydrogens is 222 g/mol. The van der Waals surface area contributed by atoms with E-state index in [1.807, 2.05) is 20.8 Å². The first kappa shape index (κ1) is 13.9. The van der Waals surface area contributed by atoms with E-state index in [0.29, 0.717) is 25.2 Å². The van der Waals surface area contributed by atoms with Crippen molar-refractivity contribution >= 4 is 11.7 Å². The molecule has 1 unspecified atom stereocenters. The van der Waals surface area contributed by atoms with Gasteiger partial charge in [-0.05, 0) is 27.2 Å². The SMILES string of the molecule is CON=C1CN(OC(=O)C(C)(C)C)CCC1N. The molecule has 1 saturated heterocycles. The van der Waals surface area contributed by atoms with Crippen LogP contribution in [-0.2, 0) is 14.5 Å². The topological polar surface area (TPSA) is 77.2 Å². The molecule has 0 amide bonds. The van der Waals surface area contributed by atoms with Gasteiger partial charge < -0.3 is 15.4 Å². The molecule has 0 aromatic rings. The lowest BCUT2D eigenvalue weighted by atomic mass is 9.98. The number of piperidine rings is 1. The van der Waals surface area contributed by atoms with Crippen LogP contribution < -0.4 is 5.73 Å². The van der Waals surface area contributed by atoms with Crippen molar-refractivity contribution in [1.82, 2.24) is 5.06 Å². The number of carbonyl (C=O) groups is 1. The maximum Gasteiger partial charge on any atom is 0.330 e. The van der Waals surface area contributed by atoms with Crippen molar-refractivity contribution in [2.24, 2.45) is 16.3 Å². The Morgan fingerprint density at radius 2 is 2.18 bits per heavy atom. The molecule has 0 spiro atoms. The van der Waals surface area contributed by atoms with Crippen molar-refractivity contribution in [3.63, 3.8) is 0 Å². The van der Waals surface area contributed by atoms with Gasteiger partial charge in [-0.15, -0.1) is 5.06 Å². The Kier molecular flexibility index (Phi) is 4.47. The Morgan fingerprint density at radius 1 is 1.53 bits per heavy atom. The van der Waals surface area contributed by atoms with Gasteiger partial charge in [0.1, 0.15) is 7.11 Å². The van der Waals surface area contributed by atoms with Crippen LogP contribution in [0.4, 0.5) is 0 Å². The van der Waals surface area contributed by atoms with Crippen LogP contribution in [0, 0.1) is 5.41 Å². The maximum atomic E-state index is 11.7. The Bertz CT molecular complexity index is 310. The minimum atomic E-state index is -0.516. The van der Waals surface area contributed by atoms with Crippen molar-refractivity contribution < 1.29 is 14.5 Å². The molecule has 1 aliphatic rings. The third-order valence-electron chi connectivity index (χ3n) is 2.49. The first-order valence-electron chi connectivity index (χ1n) is 5.67. The average molecular weight is 243 g/mol. The van der Waals surface area contributed by atoms with Crippen LogP contribution in [-0.4, -0.2) is 43.0 Å². The summed E-state index contributed by atoms with van der Waals surface area (Å²) >= 11 is 0. The molecular formula is C11H21N3O3. The van der Waals surface area contributed by atoms with Crippen LogP contribution in [0.15, 0.2) is 5.16 Å². The highest BCUT2D eigenvalue weighted by Gasteiger charge is 2.30. The van der Waals surface area contributed by atoms with Gasteiger partial charge in [0, 0.05) is 12.6 Å². The fourth-order valence-corrected chi connectivity index (χ4v) is 1.37. The lowest BCUT2D eigenvalue weighted by Crippen LogP contribution is -2.49. The molecule has 0 bridgehead atoms. The second kappa shape index (κ2) is 5.46. The van der Waals surface area contributed by atoms with Crippen molar-refractivity contribution in [3.05, 3.63) is 0 Å². The zero-order valence-electron chi connectivity index (χ0n) is 10.9. The van der Waals surface area contributed by atoms with Crippen LogP contribution in [0.1, 0.15) is 27.2 Å². The molecule has 0 aromatic carbocycles. The average Bonchev–Trinajstić information content (AvgIpc) is 2.22. The molecule has 1 aliphatic heterocycles. The van der Waals surface area contributed by atoms with Crippen molar-refractivity contribution in [2.75, 3.05) is 20.2 Å². The number of hydroxylamine groups is 2. The summed E-state index contributed by atoms with van der Waals surface area (Å²) in [5.41, 5.74) is 6.05. The summed E-state index contributed by atoms with van der Waals surface area (Å²) in [5, 5.41) is 5.42. The van der Waals surface area contributed by atoms with E-state index < -0.39 is 5.41 Å². The van der Waals surface area contributed by atoms with Gasteiger partial charge >= 0.3 is 5.97 Å². The molecule has 1 atom stereocenters. The Labute approximate surface area is 102 Å². The number of hydrogen-bond donors (Lipinski definition) is 1. The lowest BCUT2D eigenvalue weighted by Gasteiger charge is -2.31. The van der Waals surface area contributed by atoms with E-state index >= 15 is 0 Å². The van der Waals surface area contributed by atoms with E-state index in [1.54, 1.807) is 5.06 Å². The number of oxime groups is 1. The van der Waals surface area contributed by atoms with E-state index in [0.717, 1.165) is 0 Å². The van der Waals surface area contributed by atoms with Gasteiger partial charge in [-0.2, -0.15) is 0 Å². The first-order valence-corrected chi connectivity index (χ1v) is 5.67. The zero-order chi connectivity index (χ0) is 13.1. The van der Waals surface area contributed by atoms with Crippen LogP contribution in [0.5, 0.6) is 0 Å².